The lowest BCUT2D eigenvalue weighted by atomic mass is 10.0. The number of nitrogens with zero attached hydrogens (tertiary/aromatic N) is 1. The molecule has 1 heteroatoms. The predicted molar refractivity (Wildman–Crippen MR) is 103 cm³/mol. The van der Waals surface area contributed by atoms with Crippen LogP contribution in [0, 0.1) is 6.92 Å². The Hall–Kier alpha value is -2.28. The van der Waals surface area contributed by atoms with Gasteiger partial charge in [0.2, 0.25) is 0 Å². The molecule has 120 valence electrons. The van der Waals surface area contributed by atoms with Gasteiger partial charge in [-0.15, -0.1) is 0 Å². The van der Waals surface area contributed by atoms with Crippen LogP contribution in [0.4, 0.5) is 0 Å². The van der Waals surface area contributed by atoms with E-state index in [1.165, 1.54) is 33.2 Å². The summed E-state index contributed by atoms with van der Waals surface area (Å²) in [7, 11) is 0. The summed E-state index contributed by atoms with van der Waals surface area (Å²) in [6, 6.07) is 17.6. The van der Waals surface area contributed by atoms with Crippen molar-refractivity contribution >= 4 is 10.9 Å². The van der Waals surface area contributed by atoms with Crippen molar-refractivity contribution in [2.45, 2.75) is 41.2 Å². The second-order valence-corrected chi connectivity index (χ2v) is 5.89. The summed E-state index contributed by atoms with van der Waals surface area (Å²) >= 11 is 0. The smallest absolute Gasteiger partial charge is 0.0483 e. The van der Waals surface area contributed by atoms with Crippen LogP contribution in [-0.4, -0.2) is 4.57 Å². The van der Waals surface area contributed by atoms with Gasteiger partial charge in [-0.3, -0.25) is 0 Å². The molecular formula is C22H27N. The molecule has 0 saturated heterocycles. The van der Waals surface area contributed by atoms with Gasteiger partial charge < -0.3 is 4.57 Å². The average Bonchev–Trinajstić information content (AvgIpc) is 2.97. The third kappa shape index (κ3) is 4.13. The molecule has 1 heterocycles. The molecule has 0 bridgehead atoms. The van der Waals surface area contributed by atoms with Crippen molar-refractivity contribution in [3.63, 3.8) is 0 Å². The maximum Gasteiger partial charge on any atom is 0.0483 e. The zero-order valence-electron chi connectivity index (χ0n) is 14.9. The Bertz CT molecular complexity index is 802. The number of allylic oxidation sites excluding steroid dienone is 2. The standard InChI is InChI=1S/C20H21N.C2H6/c1-15(2)9-11-21-12-10-19-14-18(7-8-20(19)21)17-6-4-5-16(3)13-17;1-2/h4-10,12-14H,11H2,1-3H3;1-2H3. The van der Waals surface area contributed by atoms with E-state index in [0.29, 0.717) is 0 Å². The third-order valence-corrected chi connectivity index (χ3v) is 3.82. The summed E-state index contributed by atoms with van der Waals surface area (Å²) in [4.78, 5) is 0. The minimum atomic E-state index is 0.940. The first-order chi connectivity index (χ1) is 11.1. The van der Waals surface area contributed by atoms with Gasteiger partial charge >= 0.3 is 0 Å². The topological polar surface area (TPSA) is 4.93 Å². The summed E-state index contributed by atoms with van der Waals surface area (Å²) in [6.07, 6.45) is 4.43. The molecule has 0 unspecified atom stereocenters. The maximum atomic E-state index is 2.29. The van der Waals surface area contributed by atoms with Crippen LogP contribution < -0.4 is 0 Å². The van der Waals surface area contributed by atoms with Crippen LogP contribution in [0.1, 0.15) is 33.3 Å². The zero-order valence-corrected chi connectivity index (χ0v) is 14.9. The lowest BCUT2D eigenvalue weighted by Crippen LogP contribution is -1.92. The highest BCUT2D eigenvalue weighted by Crippen LogP contribution is 2.26. The van der Waals surface area contributed by atoms with Crippen LogP contribution in [0.2, 0.25) is 0 Å². The Morgan fingerprint density at radius 1 is 0.957 bits per heavy atom. The normalized spacial score (nSPS) is 10.1. The molecule has 0 atom stereocenters. The van der Waals surface area contributed by atoms with E-state index < -0.39 is 0 Å². The molecule has 3 aromatic rings. The van der Waals surface area contributed by atoms with Crippen LogP contribution in [0.5, 0.6) is 0 Å². The van der Waals surface area contributed by atoms with Crippen LogP contribution in [-0.2, 0) is 6.54 Å². The Kier molecular flexibility index (Phi) is 5.81. The van der Waals surface area contributed by atoms with E-state index in [9.17, 15) is 0 Å². The van der Waals surface area contributed by atoms with E-state index in [0.717, 1.165) is 6.54 Å². The van der Waals surface area contributed by atoms with Crippen molar-refractivity contribution in [2.24, 2.45) is 0 Å². The van der Waals surface area contributed by atoms with Crippen LogP contribution in [0.3, 0.4) is 0 Å². The fourth-order valence-corrected chi connectivity index (χ4v) is 2.64. The molecule has 0 radical (unpaired) electrons. The molecule has 2 aromatic carbocycles. The summed E-state index contributed by atoms with van der Waals surface area (Å²) in [5.41, 5.74) is 6.52. The van der Waals surface area contributed by atoms with Crippen molar-refractivity contribution in [3.05, 3.63) is 71.9 Å². The molecule has 23 heavy (non-hydrogen) atoms. The van der Waals surface area contributed by atoms with E-state index >= 15 is 0 Å². The number of aromatic nitrogens is 1. The molecule has 0 spiro atoms. The van der Waals surface area contributed by atoms with Crippen LogP contribution in [0.25, 0.3) is 22.0 Å². The second kappa shape index (κ2) is 7.82. The second-order valence-electron chi connectivity index (χ2n) is 5.89. The van der Waals surface area contributed by atoms with Gasteiger partial charge in [-0.25, -0.2) is 0 Å². The molecule has 1 nitrogen and oxygen atoms in total. The summed E-state index contributed by atoms with van der Waals surface area (Å²) < 4.78 is 2.29. The highest BCUT2D eigenvalue weighted by atomic mass is 14.9. The van der Waals surface area contributed by atoms with Crippen molar-refractivity contribution in [2.75, 3.05) is 0 Å². The Morgan fingerprint density at radius 2 is 1.70 bits per heavy atom. The van der Waals surface area contributed by atoms with E-state index in [2.05, 4.69) is 86.1 Å². The number of hydrogen-bond donors (Lipinski definition) is 0. The zero-order chi connectivity index (χ0) is 16.8. The molecule has 1 aromatic heterocycles. The van der Waals surface area contributed by atoms with Gasteiger partial charge in [-0.05, 0) is 50.1 Å². The fourth-order valence-electron chi connectivity index (χ4n) is 2.64. The Labute approximate surface area is 140 Å². The van der Waals surface area contributed by atoms with Crippen LogP contribution >= 0.6 is 0 Å². The number of hydrogen-bond acceptors (Lipinski definition) is 0. The highest BCUT2D eigenvalue weighted by molar-refractivity contribution is 5.85. The van der Waals surface area contributed by atoms with E-state index in [-0.39, 0.29) is 0 Å². The predicted octanol–water partition coefficient (Wildman–Crippen LogP) is 6.61. The minimum Gasteiger partial charge on any atom is -0.344 e. The lowest BCUT2D eigenvalue weighted by Gasteiger charge is -2.06. The summed E-state index contributed by atoms with van der Waals surface area (Å²) in [6.45, 7) is 11.4. The van der Waals surface area contributed by atoms with Crippen molar-refractivity contribution in [1.29, 1.82) is 0 Å². The van der Waals surface area contributed by atoms with Gasteiger partial charge in [-0.2, -0.15) is 0 Å². The summed E-state index contributed by atoms with van der Waals surface area (Å²) in [5.74, 6) is 0. The average molecular weight is 305 g/mol. The van der Waals surface area contributed by atoms with E-state index in [4.69, 9.17) is 0 Å². The highest BCUT2D eigenvalue weighted by Gasteiger charge is 2.03. The van der Waals surface area contributed by atoms with Gasteiger partial charge in [0.15, 0.2) is 0 Å². The quantitative estimate of drug-likeness (QED) is 0.480. The molecule has 0 saturated carbocycles. The molecular weight excluding hydrogens is 278 g/mol. The first-order valence-corrected chi connectivity index (χ1v) is 8.43. The maximum absolute atomic E-state index is 2.29. The van der Waals surface area contributed by atoms with Gasteiger partial charge in [-0.1, -0.05) is 61.4 Å². The largest absolute Gasteiger partial charge is 0.344 e. The minimum absolute atomic E-state index is 0.940. The molecule has 0 fully saturated rings. The molecule has 0 N–H and O–H groups in total. The molecule has 0 aliphatic rings. The molecule has 0 amide bonds. The van der Waals surface area contributed by atoms with Crippen molar-refractivity contribution < 1.29 is 0 Å². The fraction of sp³-hybridized carbons (Fsp3) is 0.273. The lowest BCUT2D eigenvalue weighted by molar-refractivity contribution is 0.856. The number of rotatable bonds is 3. The first-order valence-electron chi connectivity index (χ1n) is 8.43. The first kappa shape index (κ1) is 17.1. The Balaban J connectivity index is 0.000000924. The van der Waals surface area contributed by atoms with Gasteiger partial charge in [0.25, 0.3) is 0 Å². The number of fused-ring (bicyclic) bond motifs is 1. The third-order valence-electron chi connectivity index (χ3n) is 3.82. The molecule has 0 aliphatic carbocycles. The van der Waals surface area contributed by atoms with Crippen molar-refractivity contribution in [1.82, 2.24) is 4.57 Å². The molecule has 0 aliphatic heterocycles. The van der Waals surface area contributed by atoms with Crippen LogP contribution in [0.15, 0.2) is 66.4 Å². The van der Waals surface area contributed by atoms with Crippen molar-refractivity contribution in [3.8, 4) is 11.1 Å². The SMILES string of the molecule is CC.CC(C)=CCn1ccc2cc(-c3cccc(C)c3)ccc21. The van der Waals surface area contributed by atoms with Gasteiger partial charge in [0.05, 0.1) is 0 Å². The molecule has 3 rings (SSSR count). The number of benzene rings is 2. The van der Waals surface area contributed by atoms with E-state index in [1.54, 1.807) is 0 Å². The number of aryl methyl sites for hydroxylation is 1. The monoisotopic (exact) mass is 305 g/mol. The van der Waals surface area contributed by atoms with E-state index in [1.807, 2.05) is 13.8 Å². The summed E-state index contributed by atoms with van der Waals surface area (Å²) in [5, 5.41) is 1.30. The van der Waals surface area contributed by atoms with Gasteiger partial charge in [0.1, 0.15) is 0 Å². The van der Waals surface area contributed by atoms with Gasteiger partial charge in [0, 0.05) is 23.6 Å². The Morgan fingerprint density at radius 3 is 2.39 bits per heavy atom.